The van der Waals surface area contributed by atoms with Gasteiger partial charge in [-0.2, -0.15) is 5.10 Å². The fourth-order valence-electron chi connectivity index (χ4n) is 4.85. The second-order valence-corrected chi connectivity index (χ2v) is 11.3. The molecule has 1 aromatic heterocycles. The Hall–Kier alpha value is -3.14. The van der Waals surface area contributed by atoms with E-state index in [1.54, 1.807) is 6.92 Å². The van der Waals surface area contributed by atoms with Gasteiger partial charge in [0.2, 0.25) is 5.91 Å². The van der Waals surface area contributed by atoms with E-state index in [4.69, 9.17) is 0 Å². The van der Waals surface area contributed by atoms with Crippen molar-refractivity contribution in [3.05, 3.63) is 52.6 Å². The van der Waals surface area contributed by atoms with E-state index >= 15 is 0 Å². The lowest BCUT2D eigenvalue weighted by atomic mass is 9.73. The van der Waals surface area contributed by atoms with Crippen molar-refractivity contribution in [2.75, 3.05) is 0 Å². The van der Waals surface area contributed by atoms with Crippen LogP contribution in [0.4, 0.5) is 0 Å². The van der Waals surface area contributed by atoms with E-state index in [9.17, 15) is 23.4 Å². The molecule has 2 aromatic rings. The molecule has 10 heteroatoms. The van der Waals surface area contributed by atoms with Gasteiger partial charge >= 0.3 is 0 Å². The predicted molar refractivity (Wildman–Crippen MR) is 137 cm³/mol. The van der Waals surface area contributed by atoms with Crippen LogP contribution in [0.15, 0.2) is 34.8 Å². The minimum Gasteiger partial charge on any atom is -0.507 e. The number of hydrogen-bond donors (Lipinski definition) is 4. The average Bonchev–Trinajstić information content (AvgIpc) is 3.17. The van der Waals surface area contributed by atoms with E-state index < -0.39 is 27.6 Å². The van der Waals surface area contributed by atoms with E-state index in [1.165, 1.54) is 6.07 Å². The number of carbonyl (C=O) groups excluding carboxylic acids is 1. The van der Waals surface area contributed by atoms with Crippen molar-refractivity contribution >= 4 is 15.9 Å². The van der Waals surface area contributed by atoms with E-state index in [-0.39, 0.29) is 39.9 Å². The number of H-pyrrole nitrogens is 1. The molecule has 4 N–H and O–H groups in total. The number of carbonyl (C=O) groups is 1. The molecule has 1 aromatic carbocycles. The smallest absolute Gasteiger partial charge is 0.268 e. The van der Waals surface area contributed by atoms with Gasteiger partial charge in [-0.15, -0.1) is 0 Å². The van der Waals surface area contributed by atoms with Gasteiger partial charge < -0.3 is 10.2 Å². The Morgan fingerprint density at radius 1 is 1.28 bits per heavy atom. The molecular formula is C26H36N4O5S. The van der Waals surface area contributed by atoms with E-state index in [1.807, 2.05) is 26.8 Å². The maximum Gasteiger partial charge on any atom is 0.268 e. The number of aryl methyl sites for hydroxylation is 2. The lowest BCUT2D eigenvalue weighted by Gasteiger charge is -2.32. The summed E-state index contributed by atoms with van der Waals surface area (Å²) in [5, 5.41) is 28.9. The summed E-state index contributed by atoms with van der Waals surface area (Å²) in [5.41, 5.74) is 2.37. The van der Waals surface area contributed by atoms with E-state index in [0.29, 0.717) is 18.7 Å². The number of nitrogens with one attached hydrogen (secondary N) is 2. The molecule has 196 valence electrons. The summed E-state index contributed by atoms with van der Waals surface area (Å²) in [6.45, 7) is 11.6. The third-order valence-electron chi connectivity index (χ3n) is 6.60. The Kier molecular flexibility index (Phi) is 8.60. The molecule has 1 heterocycles. The molecule has 1 amide bonds. The van der Waals surface area contributed by atoms with Gasteiger partial charge in [0.05, 0.1) is 6.42 Å². The van der Waals surface area contributed by atoms with Crippen LogP contribution in [0.1, 0.15) is 81.6 Å². The standard InChI is InChI=1S/C26H36N4O5S/c1-6-7-8-9-18-13-21(31)24(20-12-16(4)10-11-19(20)15(2)3)25(33)26(18)36(34,35)30-23(32)14-22-27-17(5)28-29-22/h12-13,19-20,31,33H,2,6-11,14H2,1,3-5H3,(H,30,32)(H,27,28,29). The topological polar surface area (TPSA) is 145 Å². The quantitative estimate of drug-likeness (QED) is 0.272. The van der Waals surface area contributed by atoms with Crippen LogP contribution < -0.4 is 4.72 Å². The molecule has 1 aliphatic carbocycles. The summed E-state index contributed by atoms with van der Waals surface area (Å²) in [7, 11) is -4.47. The highest BCUT2D eigenvalue weighted by Gasteiger charge is 2.35. The number of aromatic nitrogens is 3. The van der Waals surface area contributed by atoms with Crippen molar-refractivity contribution in [1.82, 2.24) is 19.9 Å². The molecule has 1 aliphatic rings. The van der Waals surface area contributed by atoms with Crippen LogP contribution in [-0.2, 0) is 27.7 Å². The summed E-state index contributed by atoms with van der Waals surface area (Å²) < 4.78 is 29.0. The number of phenolic OH excluding ortho intramolecular Hbond substituents is 2. The highest BCUT2D eigenvalue weighted by molar-refractivity contribution is 7.90. The van der Waals surface area contributed by atoms with Crippen LogP contribution in [0.2, 0.25) is 0 Å². The van der Waals surface area contributed by atoms with Crippen molar-refractivity contribution in [3.63, 3.8) is 0 Å². The van der Waals surface area contributed by atoms with Crippen LogP contribution >= 0.6 is 0 Å². The lowest BCUT2D eigenvalue weighted by molar-refractivity contribution is -0.118. The van der Waals surface area contributed by atoms with Crippen molar-refractivity contribution in [3.8, 4) is 11.5 Å². The first-order valence-corrected chi connectivity index (χ1v) is 13.8. The molecular weight excluding hydrogens is 480 g/mol. The van der Waals surface area contributed by atoms with Crippen LogP contribution in [0, 0.1) is 12.8 Å². The second-order valence-electron chi connectivity index (χ2n) is 9.67. The Morgan fingerprint density at radius 2 is 2.00 bits per heavy atom. The molecule has 0 saturated carbocycles. The highest BCUT2D eigenvalue weighted by atomic mass is 32.2. The monoisotopic (exact) mass is 516 g/mol. The van der Waals surface area contributed by atoms with Crippen LogP contribution in [0.25, 0.3) is 0 Å². The van der Waals surface area contributed by atoms with Gasteiger partial charge in [-0.1, -0.05) is 43.6 Å². The molecule has 2 atom stereocenters. The number of allylic oxidation sites excluding steroid dienone is 3. The molecule has 0 spiro atoms. The maximum atomic E-state index is 13.5. The number of aromatic amines is 1. The van der Waals surface area contributed by atoms with E-state index in [0.717, 1.165) is 36.8 Å². The first-order chi connectivity index (χ1) is 16.9. The van der Waals surface area contributed by atoms with Gasteiger partial charge in [-0.25, -0.2) is 18.1 Å². The Balaban J connectivity index is 2.09. The first-order valence-electron chi connectivity index (χ1n) is 12.3. The van der Waals surface area contributed by atoms with E-state index in [2.05, 4.69) is 26.5 Å². The van der Waals surface area contributed by atoms with Crippen LogP contribution in [0.5, 0.6) is 11.5 Å². The number of aromatic hydroxyl groups is 2. The largest absolute Gasteiger partial charge is 0.507 e. The second kappa shape index (κ2) is 11.3. The SMILES string of the molecule is C=C(C)C1CCC(C)=CC1c1c(O)cc(CCCCC)c(S(=O)(=O)NC(=O)Cc2nc(C)n[nH]2)c1O. The molecule has 36 heavy (non-hydrogen) atoms. The third kappa shape index (κ3) is 6.16. The van der Waals surface area contributed by atoms with Gasteiger partial charge in [0.15, 0.2) is 0 Å². The van der Waals surface area contributed by atoms with Crippen LogP contribution in [0.3, 0.4) is 0 Å². The summed E-state index contributed by atoms with van der Waals surface area (Å²) >= 11 is 0. The Bertz CT molecular complexity index is 1280. The lowest BCUT2D eigenvalue weighted by Crippen LogP contribution is -2.33. The number of nitrogens with zero attached hydrogens (tertiary/aromatic N) is 2. The maximum absolute atomic E-state index is 13.5. The number of amides is 1. The van der Waals surface area contributed by atoms with Gasteiger partial charge in [-0.05, 0) is 64.0 Å². The zero-order valence-corrected chi connectivity index (χ0v) is 22.2. The summed E-state index contributed by atoms with van der Waals surface area (Å²) in [6, 6.07) is 1.41. The highest BCUT2D eigenvalue weighted by Crippen LogP contribution is 2.49. The number of hydrogen-bond acceptors (Lipinski definition) is 7. The molecule has 0 radical (unpaired) electrons. The van der Waals surface area contributed by atoms with Crippen molar-refractivity contribution in [2.24, 2.45) is 5.92 Å². The number of benzene rings is 1. The number of sulfonamides is 1. The van der Waals surface area contributed by atoms with Crippen molar-refractivity contribution < 1.29 is 23.4 Å². The fourth-order valence-corrected chi connectivity index (χ4v) is 6.19. The zero-order chi connectivity index (χ0) is 26.6. The molecule has 2 unspecified atom stereocenters. The van der Waals surface area contributed by atoms with Gasteiger partial charge in [-0.3, -0.25) is 9.89 Å². The molecule has 0 saturated heterocycles. The van der Waals surface area contributed by atoms with Gasteiger partial charge in [0.1, 0.15) is 28.0 Å². The number of phenols is 2. The summed E-state index contributed by atoms with van der Waals surface area (Å²) in [4.78, 5) is 16.3. The van der Waals surface area contributed by atoms with Crippen molar-refractivity contribution in [2.45, 2.75) is 83.5 Å². The van der Waals surface area contributed by atoms with Crippen molar-refractivity contribution in [1.29, 1.82) is 0 Å². The normalized spacial score (nSPS) is 18.1. The minimum atomic E-state index is -4.47. The molecule has 3 rings (SSSR count). The first kappa shape index (κ1) is 27.4. The fraction of sp³-hybridized carbons (Fsp3) is 0.500. The van der Waals surface area contributed by atoms with Crippen LogP contribution in [-0.4, -0.2) is 39.7 Å². The molecule has 0 fully saturated rings. The number of unbranched alkanes of at least 4 members (excludes halogenated alkanes) is 2. The summed E-state index contributed by atoms with van der Waals surface area (Å²) in [6.07, 6.45) is 6.01. The zero-order valence-electron chi connectivity index (χ0n) is 21.4. The Labute approximate surface area is 212 Å². The van der Waals surface area contributed by atoms with Gasteiger partial charge in [0, 0.05) is 11.5 Å². The minimum absolute atomic E-state index is 0.0729. The summed E-state index contributed by atoms with van der Waals surface area (Å²) in [5.74, 6) is -1.36. The Morgan fingerprint density at radius 3 is 2.61 bits per heavy atom. The average molecular weight is 517 g/mol. The molecule has 9 nitrogen and oxygen atoms in total. The predicted octanol–water partition coefficient (Wildman–Crippen LogP) is 4.32. The third-order valence-corrected chi connectivity index (χ3v) is 8.09. The molecule has 0 bridgehead atoms. The molecule has 0 aliphatic heterocycles. The van der Waals surface area contributed by atoms with Gasteiger partial charge in [0.25, 0.3) is 10.0 Å². The number of rotatable bonds is 10.